The van der Waals surface area contributed by atoms with Crippen molar-refractivity contribution < 1.29 is 13.9 Å². The van der Waals surface area contributed by atoms with Gasteiger partial charge in [0, 0.05) is 13.0 Å². The number of aromatic nitrogens is 1. The quantitative estimate of drug-likeness (QED) is 0.807. The van der Waals surface area contributed by atoms with E-state index in [0.29, 0.717) is 18.1 Å². The van der Waals surface area contributed by atoms with Crippen molar-refractivity contribution in [2.24, 2.45) is 0 Å². The van der Waals surface area contributed by atoms with E-state index in [4.69, 9.17) is 13.9 Å². The number of oxazole rings is 1. The van der Waals surface area contributed by atoms with Crippen molar-refractivity contribution >= 4 is 0 Å². The zero-order chi connectivity index (χ0) is 9.97. The second-order valence-corrected chi connectivity index (χ2v) is 2.97. The summed E-state index contributed by atoms with van der Waals surface area (Å²) in [4.78, 5) is 4.22. The Balaban J connectivity index is 2.33. The summed E-state index contributed by atoms with van der Waals surface area (Å²) in [5, 5.41) is 8.78. The van der Waals surface area contributed by atoms with E-state index in [1.54, 1.807) is 18.4 Å². The smallest absolute Gasteiger partial charge is 0.263 e. The Kier molecular flexibility index (Phi) is 2.37. The molecule has 0 fully saturated rings. The minimum Gasteiger partial charge on any atom is -0.459 e. The summed E-state index contributed by atoms with van der Waals surface area (Å²) in [6, 6.07) is 3.56. The fraction of sp³-hybridized carbons (Fsp3) is 0.300. The van der Waals surface area contributed by atoms with E-state index < -0.39 is 0 Å². The predicted molar refractivity (Wildman–Crippen MR) is 49.7 cm³/mol. The van der Waals surface area contributed by atoms with E-state index in [-0.39, 0.29) is 6.61 Å². The lowest BCUT2D eigenvalue weighted by Crippen LogP contribution is -1.92. The van der Waals surface area contributed by atoms with Crippen molar-refractivity contribution in [3.63, 3.8) is 0 Å². The molecule has 0 radical (unpaired) electrons. The third-order valence-electron chi connectivity index (χ3n) is 1.97. The zero-order valence-electron chi connectivity index (χ0n) is 7.86. The summed E-state index contributed by atoms with van der Waals surface area (Å²) in [5.41, 5.74) is 0.777. The first-order valence-electron chi connectivity index (χ1n) is 4.42. The van der Waals surface area contributed by atoms with Gasteiger partial charge in [-0.3, -0.25) is 0 Å². The van der Waals surface area contributed by atoms with Crippen LogP contribution < -0.4 is 0 Å². The topological polar surface area (TPSA) is 59.4 Å². The minimum atomic E-state index is 0.0744. The number of aliphatic hydroxyl groups excluding tert-OH is 1. The summed E-state index contributed by atoms with van der Waals surface area (Å²) in [5.74, 6) is 1.80. The molecule has 4 nitrogen and oxygen atoms in total. The Hall–Kier alpha value is -1.55. The van der Waals surface area contributed by atoms with Crippen molar-refractivity contribution in [2.45, 2.75) is 13.3 Å². The van der Waals surface area contributed by atoms with E-state index in [0.717, 1.165) is 11.5 Å². The number of hydrogen-bond donors (Lipinski definition) is 1. The summed E-state index contributed by atoms with van der Waals surface area (Å²) in [6.07, 6.45) is 2.08. The maximum atomic E-state index is 8.78. The number of rotatable bonds is 3. The summed E-state index contributed by atoms with van der Waals surface area (Å²) >= 11 is 0. The second kappa shape index (κ2) is 3.67. The Morgan fingerprint density at radius 1 is 1.50 bits per heavy atom. The van der Waals surface area contributed by atoms with Crippen LogP contribution in [0.3, 0.4) is 0 Å². The molecule has 0 spiro atoms. The molecule has 0 aliphatic heterocycles. The average Bonchev–Trinajstić information content (AvgIpc) is 2.76. The van der Waals surface area contributed by atoms with Crippen LogP contribution in [-0.2, 0) is 6.42 Å². The summed E-state index contributed by atoms with van der Waals surface area (Å²) in [7, 11) is 0. The van der Waals surface area contributed by atoms with Gasteiger partial charge in [-0.25, -0.2) is 4.98 Å². The standard InChI is InChI=1S/C10H11NO3/c1-7-8(4-5-12)11-10(14-7)9-3-2-6-13-9/h2-3,6,12H,4-5H2,1H3. The fourth-order valence-corrected chi connectivity index (χ4v) is 1.27. The number of hydrogen-bond acceptors (Lipinski definition) is 4. The average molecular weight is 193 g/mol. The number of furan rings is 1. The zero-order valence-corrected chi connectivity index (χ0v) is 7.86. The highest BCUT2D eigenvalue weighted by Gasteiger charge is 2.12. The molecular weight excluding hydrogens is 182 g/mol. The number of aliphatic hydroxyl groups is 1. The Morgan fingerprint density at radius 2 is 2.36 bits per heavy atom. The molecule has 4 heteroatoms. The van der Waals surface area contributed by atoms with Gasteiger partial charge in [-0.05, 0) is 19.1 Å². The van der Waals surface area contributed by atoms with Crippen LogP contribution in [0.15, 0.2) is 27.2 Å². The molecule has 0 atom stereocenters. The lowest BCUT2D eigenvalue weighted by atomic mass is 10.3. The maximum absolute atomic E-state index is 8.78. The molecule has 2 heterocycles. The van der Waals surface area contributed by atoms with Gasteiger partial charge < -0.3 is 13.9 Å². The first-order chi connectivity index (χ1) is 6.81. The van der Waals surface area contributed by atoms with E-state index in [1.165, 1.54) is 0 Å². The monoisotopic (exact) mass is 193 g/mol. The summed E-state index contributed by atoms with van der Waals surface area (Å²) in [6.45, 7) is 1.90. The third-order valence-corrected chi connectivity index (χ3v) is 1.97. The predicted octanol–water partition coefficient (Wildman–Crippen LogP) is 1.78. The van der Waals surface area contributed by atoms with Crippen LogP contribution in [0.1, 0.15) is 11.5 Å². The van der Waals surface area contributed by atoms with Gasteiger partial charge in [0.05, 0.1) is 12.0 Å². The lowest BCUT2D eigenvalue weighted by molar-refractivity contribution is 0.297. The van der Waals surface area contributed by atoms with Crippen molar-refractivity contribution in [1.29, 1.82) is 0 Å². The highest BCUT2D eigenvalue weighted by molar-refractivity contribution is 5.44. The molecule has 0 aliphatic carbocycles. The van der Waals surface area contributed by atoms with Crippen LogP contribution in [0.4, 0.5) is 0 Å². The third kappa shape index (κ3) is 1.56. The van der Waals surface area contributed by atoms with Gasteiger partial charge in [0.2, 0.25) is 0 Å². The molecule has 0 saturated heterocycles. The molecule has 1 N–H and O–H groups in total. The van der Waals surface area contributed by atoms with E-state index in [1.807, 2.05) is 6.92 Å². The van der Waals surface area contributed by atoms with Crippen LogP contribution in [0.2, 0.25) is 0 Å². The maximum Gasteiger partial charge on any atom is 0.263 e. The van der Waals surface area contributed by atoms with Crippen LogP contribution in [0.25, 0.3) is 11.7 Å². The highest BCUT2D eigenvalue weighted by Crippen LogP contribution is 2.21. The minimum absolute atomic E-state index is 0.0744. The van der Waals surface area contributed by atoms with Gasteiger partial charge in [-0.1, -0.05) is 0 Å². The summed E-state index contributed by atoms with van der Waals surface area (Å²) < 4.78 is 10.5. The molecular formula is C10H11NO3. The van der Waals surface area contributed by atoms with Crippen molar-refractivity contribution in [3.05, 3.63) is 29.9 Å². The van der Waals surface area contributed by atoms with Gasteiger partial charge in [0.15, 0.2) is 5.76 Å². The molecule has 2 aromatic rings. The molecule has 0 aromatic carbocycles. The van der Waals surface area contributed by atoms with Gasteiger partial charge >= 0.3 is 0 Å². The van der Waals surface area contributed by atoms with Crippen molar-refractivity contribution in [2.75, 3.05) is 6.61 Å². The van der Waals surface area contributed by atoms with Gasteiger partial charge in [-0.15, -0.1) is 0 Å². The van der Waals surface area contributed by atoms with Gasteiger partial charge in [0.1, 0.15) is 5.76 Å². The number of nitrogens with zero attached hydrogens (tertiary/aromatic N) is 1. The molecule has 74 valence electrons. The fourth-order valence-electron chi connectivity index (χ4n) is 1.27. The molecule has 0 unspecified atom stereocenters. The van der Waals surface area contributed by atoms with E-state index in [9.17, 15) is 0 Å². The second-order valence-electron chi connectivity index (χ2n) is 2.97. The Labute approximate surface area is 81.2 Å². The SMILES string of the molecule is Cc1oc(-c2ccco2)nc1CCO. The molecule has 0 bridgehead atoms. The molecule has 0 saturated carbocycles. The Morgan fingerprint density at radius 3 is 3.00 bits per heavy atom. The van der Waals surface area contributed by atoms with Gasteiger partial charge in [-0.2, -0.15) is 0 Å². The van der Waals surface area contributed by atoms with Crippen LogP contribution in [0.5, 0.6) is 0 Å². The molecule has 2 aromatic heterocycles. The normalized spacial score (nSPS) is 10.7. The van der Waals surface area contributed by atoms with Crippen molar-refractivity contribution in [3.8, 4) is 11.7 Å². The van der Waals surface area contributed by atoms with E-state index in [2.05, 4.69) is 4.98 Å². The molecule has 0 amide bonds. The van der Waals surface area contributed by atoms with Crippen molar-refractivity contribution in [1.82, 2.24) is 4.98 Å². The van der Waals surface area contributed by atoms with E-state index >= 15 is 0 Å². The first-order valence-corrected chi connectivity index (χ1v) is 4.42. The van der Waals surface area contributed by atoms with Crippen LogP contribution in [-0.4, -0.2) is 16.7 Å². The molecule has 2 rings (SSSR count). The van der Waals surface area contributed by atoms with Crippen LogP contribution in [0, 0.1) is 6.92 Å². The first kappa shape index (κ1) is 9.02. The Bertz CT molecular complexity index is 403. The number of aryl methyl sites for hydroxylation is 1. The highest BCUT2D eigenvalue weighted by atomic mass is 16.4. The molecule has 0 aliphatic rings. The van der Waals surface area contributed by atoms with Gasteiger partial charge in [0.25, 0.3) is 5.89 Å². The van der Waals surface area contributed by atoms with Crippen LogP contribution >= 0.6 is 0 Å². The lowest BCUT2D eigenvalue weighted by Gasteiger charge is -1.88. The largest absolute Gasteiger partial charge is 0.459 e. The molecule has 14 heavy (non-hydrogen) atoms.